The Kier molecular flexibility index (Phi) is 24.9. The number of likely N-dealkylation sites (N-methyl/N-ethyl adjacent to an activating group) is 2. The highest BCUT2D eigenvalue weighted by Crippen LogP contribution is 2.41. The summed E-state index contributed by atoms with van der Waals surface area (Å²) in [5.41, 5.74) is 3.64. The van der Waals surface area contributed by atoms with Gasteiger partial charge in [0.05, 0.1) is 112 Å². The molecule has 5 N–H and O–H groups in total. The predicted molar refractivity (Wildman–Crippen MR) is 353 cm³/mol. The van der Waals surface area contributed by atoms with E-state index in [1.54, 1.807) is 40.8 Å². The van der Waals surface area contributed by atoms with E-state index in [1.807, 2.05) is 149 Å². The van der Waals surface area contributed by atoms with Gasteiger partial charge in [-0.3, -0.25) is 14.9 Å². The highest BCUT2D eigenvalue weighted by atomic mass is 35.5. The van der Waals surface area contributed by atoms with E-state index in [-0.39, 0.29) is 12.1 Å². The number of nitrogens with one attached hydrogen (secondary N) is 3. The van der Waals surface area contributed by atoms with Gasteiger partial charge in [-0.1, -0.05) is 24.3 Å². The van der Waals surface area contributed by atoms with Crippen molar-refractivity contribution in [3.05, 3.63) is 145 Å². The first-order valence-electron chi connectivity index (χ1n) is 30.1. The van der Waals surface area contributed by atoms with Gasteiger partial charge in [-0.25, -0.2) is 0 Å². The number of rotatable bonds is 25. The summed E-state index contributed by atoms with van der Waals surface area (Å²) in [5.74, 6) is 6.74. The monoisotopic (exact) mass is 1260 g/mol. The second-order valence-corrected chi connectivity index (χ2v) is 22.5. The molecule has 8 aromatic rings. The fraction of sp³-hybridized carbons (Fsp3) is 0.371. The van der Waals surface area contributed by atoms with Crippen molar-refractivity contribution in [2.45, 2.75) is 75.7 Å². The lowest BCUT2D eigenvalue weighted by Gasteiger charge is -2.42. The van der Waals surface area contributed by atoms with Crippen molar-refractivity contribution in [3.63, 3.8) is 0 Å². The summed E-state index contributed by atoms with van der Waals surface area (Å²) in [5, 5.41) is 51.2. The molecule has 0 bridgehead atoms. The Bertz CT molecular complexity index is 3730. The maximum atomic E-state index is 10.7. The number of alkyl halides is 1. The second-order valence-electron chi connectivity index (χ2n) is 22.2. The molecule has 2 saturated heterocycles. The lowest BCUT2D eigenvalue weighted by Crippen LogP contribution is -2.55. The lowest BCUT2D eigenvalue weighted by atomic mass is 9.90. The molecule has 4 heterocycles. The molecule has 4 atom stereocenters. The van der Waals surface area contributed by atoms with Crippen molar-refractivity contribution in [1.29, 1.82) is 10.5 Å². The van der Waals surface area contributed by atoms with E-state index in [1.165, 1.54) is 0 Å². The average Bonchev–Trinajstić information content (AvgIpc) is 1.19. The zero-order valence-electron chi connectivity index (χ0n) is 52.8. The molecule has 2 aliphatic heterocycles. The predicted octanol–water partition coefficient (Wildman–Crippen LogP) is 13.1. The molecule has 91 heavy (non-hydrogen) atoms. The average molecular weight is 1260 g/mol. The number of nitriles is 2. The van der Waals surface area contributed by atoms with E-state index < -0.39 is 11.2 Å². The first-order valence-corrected chi connectivity index (χ1v) is 30.7. The van der Waals surface area contributed by atoms with Crippen LogP contribution in [0.25, 0.3) is 21.8 Å². The van der Waals surface area contributed by atoms with Crippen LogP contribution in [0.1, 0.15) is 63.5 Å². The summed E-state index contributed by atoms with van der Waals surface area (Å²) >= 11 is 5.75. The van der Waals surface area contributed by atoms with Crippen molar-refractivity contribution in [2.24, 2.45) is 0 Å². The van der Waals surface area contributed by atoms with Gasteiger partial charge in [0, 0.05) is 78.6 Å². The fourth-order valence-electron chi connectivity index (χ4n) is 10.4. The first kappa shape index (κ1) is 68.1. The van der Waals surface area contributed by atoms with Gasteiger partial charge in [-0.15, -0.1) is 11.6 Å². The molecular formula is C70H81ClN8O12. The highest BCUT2D eigenvalue weighted by molar-refractivity contribution is 6.17. The van der Waals surface area contributed by atoms with Crippen LogP contribution in [0, 0.1) is 22.7 Å². The number of hydrogen-bond donors (Lipinski definition) is 5. The third kappa shape index (κ3) is 18.2. The summed E-state index contributed by atoms with van der Waals surface area (Å²) in [6.07, 6.45) is 7.91. The maximum Gasteiger partial charge on any atom is 0.169 e. The first-order chi connectivity index (χ1) is 44.1. The van der Waals surface area contributed by atoms with Gasteiger partial charge in [0.15, 0.2) is 46.0 Å². The summed E-state index contributed by atoms with van der Waals surface area (Å²) in [6, 6.07) is 41.7. The van der Waals surface area contributed by atoms with Crippen molar-refractivity contribution in [3.8, 4) is 69.6 Å². The van der Waals surface area contributed by atoms with Crippen LogP contribution in [-0.2, 0) is 9.47 Å². The molecule has 0 spiro atoms. The van der Waals surface area contributed by atoms with Crippen molar-refractivity contribution < 1.29 is 57.6 Å². The topological polar surface area (TPSA) is 245 Å². The Balaban J connectivity index is 0.000000207. The lowest BCUT2D eigenvalue weighted by molar-refractivity contribution is -0.113. The number of methoxy groups -OCH3 is 4. The van der Waals surface area contributed by atoms with Gasteiger partial charge in [0.2, 0.25) is 0 Å². The van der Waals surface area contributed by atoms with Crippen molar-refractivity contribution in [1.82, 2.24) is 20.2 Å². The molecule has 2 aliphatic rings. The highest BCUT2D eigenvalue weighted by Gasteiger charge is 2.38. The minimum Gasteiger partial charge on any atom is -0.493 e. The number of para-hydroxylation sites is 4. The van der Waals surface area contributed by atoms with E-state index in [0.29, 0.717) is 143 Å². The Morgan fingerprint density at radius 3 is 1.43 bits per heavy atom. The molecule has 0 aliphatic carbocycles. The van der Waals surface area contributed by atoms with Gasteiger partial charge < -0.3 is 73.5 Å². The number of anilines is 4. The smallest absolute Gasteiger partial charge is 0.169 e. The third-order valence-corrected chi connectivity index (χ3v) is 16.0. The zero-order valence-corrected chi connectivity index (χ0v) is 53.6. The molecule has 20 nitrogen and oxygen atoms in total. The summed E-state index contributed by atoms with van der Waals surface area (Å²) in [4.78, 5) is 11.2. The number of halogens is 1. The Labute approximate surface area is 537 Å². The van der Waals surface area contributed by atoms with Crippen LogP contribution >= 0.6 is 11.6 Å². The van der Waals surface area contributed by atoms with Crippen LogP contribution < -0.4 is 53.8 Å². The number of hydrogen-bond acceptors (Lipinski definition) is 20. The number of pyridine rings is 2. The van der Waals surface area contributed by atoms with E-state index in [4.69, 9.17) is 59.0 Å². The normalized spacial score (nSPS) is 17.6. The largest absolute Gasteiger partial charge is 0.493 e. The molecule has 2 fully saturated rings. The quantitative estimate of drug-likeness (QED) is 0.0264. The van der Waals surface area contributed by atoms with Gasteiger partial charge >= 0.3 is 0 Å². The van der Waals surface area contributed by atoms with E-state index in [0.717, 1.165) is 60.8 Å². The number of nitrogens with zero attached hydrogens (tertiary/aromatic N) is 5. The van der Waals surface area contributed by atoms with Crippen LogP contribution in [0.15, 0.2) is 134 Å². The second kappa shape index (κ2) is 33.3. The standard InChI is InChI=1S/C35H40N4O6.C28H26ClN3O4.C7H15NO2/c1-35(40)15-18-43-23-33(35)39(2)16-7-8-17-44-32-20-28-27(19-31(32)42-4)34(24(21-36)22-37-28)38-25-11-13-26(14-12-25)45-30-10-6-5-9-29(30)41-3;1-33-24-7-3-4-8-25(24)36-21-11-9-20(10-12-21)32-28-19(17-30)18-31-23-16-27(35-14-6-5-13-29)26(34-2)15-22(23)28;1-7(9)3-4-10-5-6(7)8-2/h5-6,9-14,19-20,22,33,40H,7-8,15-18,23H2,1-4H3,(H,37,38);3-4,7-12,15-16,18H,5-6,13-14H2,1-2H3,(H,31,32);6,8-9H,3-5H2,1-2H3/t33-,35-;;6-,7-/m1.1/s1. The van der Waals surface area contributed by atoms with E-state index >= 15 is 0 Å². The molecule has 2 aromatic heterocycles. The molecule has 0 saturated carbocycles. The maximum absolute atomic E-state index is 10.7. The van der Waals surface area contributed by atoms with Gasteiger partial charge in [-0.05, 0) is 145 Å². The van der Waals surface area contributed by atoms with E-state index in [9.17, 15) is 20.7 Å². The molecule has 10 rings (SSSR count). The molecule has 480 valence electrons. The van der Waals surface area contributed by atoms with Crippen LogP contribution in [0.3, 0.4) is 0 Å². The molecule has 0 amide bonds. The number of unbranched alkanes of at least 4 members (excludes halogenated alkanes) is 2. The third-order valence-electron chi connectivity index (χ3n) is 15.8. The minimum absolute atomic E-state index is 0.0235. The Morgan fingerprint density at radius 1 is 0.582 bits per heavy atom. The van der Waals surface area contributed by atoms with Gasteiger partial charge in [0.1, 0.15) is 23.6 Å². The van der Waals surface area contributed by atoms with Crippen LogP contribution in [0.4, 0.5) is 22.7 Å². The van der Waals surface area contributed by atoms with Crippen LogP contribution in [0.5, 0.6) is 57.5 Å². The minimum atomic E-state index is -0.747. The zero-order chi connectivity index (χ0) is 64.8. The van der Waals surface area contributed by atoms with Crippen molar-refractivity contribution in [2.75, 3.05) is 105 Å². The molecule has 0 unspecified atom stereocenters. The number of benzene rings is 6. The number of aliphatic hydroxyl groups is 2. The van der Waals surface area contributed by atoms with Crippen molar-refractivity contribution >= 4 is 56.2 Å². The number of aromatic nitrogens is 2. The molecule has 21 heteroatoms. The van der Waals surface area contributed by atoms with E-state index in [2.05, 4.69) is 43.0 Å². The molecular weight excluding hydrogens is 1180 g/mol. The van der Waals surface area contributed by atoms with Gasteiger partial charge in [0.25, 0.3) is 0 Å². The Hall–Kier alpha value is -8.83. The van der Waals surface area contributed by atoms with Crippen LogP contribution in [-0.4, -0.2) is 143 Å². The van der Waals surface area contributed by atoms with Crippen LogP contribution in [0.2, 0.25) is 0 Å². The fourth-order valence-corrected chi connectivity index (χ4v) is 10.6. The van der Waals surface area contributed by atoms with Gasteiger partial charge in [-0.2, -0.15) is 10.5 Å². The SMILES string of the molecule is CN[C@@H]1COCC[C@@]1(C)O.COc1cc2c(Nc3ccc(Oc4ccccc4OC)cc3)c(C#N)cnc2cc1OCCCCCl.COc1cc2c(Nc3ccc(Oc4ccccc4OC)cc3)c(C#N)cnc2cc1OCCCCN(C)[C@@H]1COCC[C@@]1(C)O. The summed E-state index contributed by atoms with van der Waals surface area (Å²) in [7, 11) is 10.3. The number of fused-ring (bicyclic) bond motifs is 2. The Morgan fingerprint density at radius 2 is 1.02 bits per heavy atom. The molecule has 0 radical (unpaired) electrons. The number of ether oxygens (including phenoxy) is 10. The summed E-state index contributed by atoms with van der Waals surface area (Å²) < 4.78 is 56.7. The molecule has 6 aromatic carbocycles. The summed E-state index contributed by atoms with van der Waals surface area (Å²) in [6.45, 7) is 7.99.